The van der Waals surface area contributed by atoms with E-state index in [1.807, 2.05) is 0 Å². The Bertz CT molecular complexity index is 668. The molecule has 7 heteroatoms. The van der Waals surface area contributed by atoms with E-state index in [1.165, 1.54) is 18.2 Å². The lowest BCUT2D eigenvalue weighted by Crippen LogP contribution is -2.31. The first kappa shape index (κ1) is 16.2. The molecule has 0 saturated heterocycles. The number of hydrogen-bond acceptors (Lipinski definition) is 4. The molecular weight excluding hydrogens is 357 g/mol. The molecule has 5 nitrogen and oxygen atoms in total. The van der Waals surface area contributed by atoms with E-state index in [9.17, 15) is 14.0 Å². The first-order valence-electron chi connectivity index (χ1n) is 6.43. The summed E-state index contributed by atoms with van der Waals surface area (Å²) < 4.78 is 23.1. The number of nitrogens with one attached hydrogen (secondary N) is 1. The van der Waals surface area contributed by atoms with Gasteiger partial charge >= 0.3 is 5.97 Å². The van der Waals surface area contributed by atoms with Gasteiger partial charge in [-0.1, -0.05) is 12.1 Å². The van der Waals surface area contributed by atoms with Gasteiger partial charge in [0.05, 0.1) is 6.04 Å². The van der Waals surface area contributed by atoms with Crippen LogP contribution in [0.1, 0.15) is 29.1 Å². The van der Waals surface area contributed by atoms with Crippen molar-refractivity contribution in [2.45, 2.75) is 13.0 Å². The standard InChI is InChI=1S/C15H13BrFNO4/c1-9(10-2-4-11(17)5-3-10)18-14(19)8-21-15(20)12-6-7-13(16)22-12/h2-7,9H,8H2,1H3,(H,18,19)/t9-/m0/s1. The molecule has 1 aromatic heterocycles. The maximum Gasteiger partial charge on any atom is 0.374 e. The van der Waals surface area contributed by atoms with Crippen LogP contribution >= 0.6 is 15.9 Å². The Hall–Kier alpha value is -2.15. The summed E-state index contributed by atoms with van der Waals surface area (Å²) in [6.07, 6.45) is 0. The lowest BCUT2D eigenvalue weighted by molar-refractivity contribution is -0.124. The van der Waals surface area contributed by atoms with Gasteiger partial charge in [0, 0.05) is 0 Å². The molecule has 0 unspecified atom stereocenters. The zero-order valence-corrected chi connectivity index (χ0v) is 13.2. The third-order valence-electron chi connectivity index (χ3n) is 2.86. The van der Waals surface area contributed by atoms with Crippen LogP contribution in [0.15, 0.2) is 45.5 Å². The van der Waals surface area contributed by atoms with Gasteiger partial charge in [-0.15, -0.1) is 0 Å². The average Bonchev–Trinajstić information content (AvgIpc) is 2.92. The molecule has 1 heterocycles. The van der Waals surface area contributed by atoms with Gasteiger partial charge in [0.2, 0.25) is 5.76 Å². The highest BCUT2D eigenvalue weighted by molar-refractivity contribution is 9.10. The van der Waals surface area contributed by atoms with E-state index < -0.39 is 18.5 Å². The molecule has 0 aliphatic carbocycles. The zero-order chi connectivity index (χ0) is 16.1. The number of carbonyl (C=O) groups is 2. The molecule has 2 rings (SSSR count). The van der Waals surface area contributed by atoms with E-state index in [2.05, 4.69) is 21.2 Å². The predicted molar refractivity (Wildman–Crippen MR) is 79.6 cm³/mol. The third-order valence-corrected chi connectivity index (χ3v) is 3.28. The van der Waals surface area contributed by atoms with Gasteiger partial charge in [-0.3, -0.25) is 4.79 Å². The first-order chi connectivity index (χ1) is 10.5. The molecule has 1 amide bonds. The molecule has 0 aliphatic rings. The maximum atomic E-state index is 12.8. The van der Waals surface area contributed by atoms with Crippen molar-refractivity contribution >= 4 is 27.8 Å². The van der Waals surface area contributed by atoms with Crippen LogP contribution in [0, 0.1) is 5.82 Å². The van der Waals surface area contributed by atoms with Crippen LogP contribution in [0.4, 0.5) is 4.39 Å². The van der Waals surface area contributed by atoms with Crippen LogP contribution in [0.25, 0.3) is 0 Å². The highest BCUT2D eigenvalue weighted by atomic mass is 79.9. The van der Waals surface area contributed by atoms with Crippen LogP contribution in [-0.2, 0) is 9.53 Å². The van der Waals surface area contributed by atoms with E-state index in [-0.39, 0.29) is 17.6 Å². The van der Waals surface area contributed by atoms with Crippen molar-refractivity contribution in [3.63, 3.8) is 0 Å². The normalized spacial score (nSPS) is 11.8. The molecule has 0 aliphatic heterocycles. The van der Waals surface area contributed by atoms with E-state index in [0.717, 1.165) is 5.56 Å². The second-order valence-electron chi connectivity index (χ2n) is 4.52. The van der Waals surface area contributed by atoms with E-state index in [0.29, 0.717) is 4.67 Å². The Kier molecular flexibility index (Phi) is 5.32. The second kappa shape index (κ2) is 7.22. The van der Waals surface area contributed by atoms with Crippen LogP contribution in [0.5, 0.6) is 0 Å². The van der Waals surface area contributed by atoms with E-state index >= 15 is 0 Å². The van der Waals surface area contributed by atoms with E-state index in [4.69, 9.17) is 9.15 Å². The minimum Gasteiger partial charge on any atom is -0.450 e. The number of rotatable bonds is 5. The van der Waals surface area contributed by atoms with Crippen molar-refractivity contribution in [1.29, 1.82) is 0 Å². The summed E-state index contributed by atoms with van der Waals surface area (Å²) in [5.41, 5.74) is 0.746. The molecule has 0 bridgehead atoms. The molecule has 116 valence electrons. The predicted octanol–water partition coefficient (Wildman–Crippen LogP) is 3.22. The van der Waals surface area contributed by atoms with Gasteiger partial charge in [-0.2, -0.15) is 0 Å². The van der Waals surface area contributed by atoms with Crippen molar-refractivity contribution in [2.75, 3.05) is 6.61 Å². The fourth-order valence-electron chi connectivity index (χ4n) is 1.74. The van der Waals surface area contributed by atoms with Crippen molar-refractivity contribution < 1.29 is 23.1 Å². The molecule has 1 atom stereocenters. The van der Waals surface area contributed by atoms with Crippen LogP contribution in [0.2, 0.25) is 0 Å². The summed E-state index contributed by atoms with van der Waals surface area (Å²) >= 11 is 3.06. The largest absolute Gasteiger partial charge is 0.450 e. The lowest BCUT2D eigenvalue weighted by atomic mass is 10.1. The Morgan fingerprint density at radius 1 is 1.27 bits per heavy atom. The number of amides is 1. The summed E-state index contributed by atoms with van der Waals surface area (Å²) in [6.45, 7) is 1.32. The van der Waals surface area contributed by atoms with E-state index in [1.54, 1.807) is 25.1 Å². The summed E-state index contributed by atoms with van der Waals surface area (Å²) in [4.78, 5) is 23.3. The van der Waals surface area contributed by atoms with Crippen molar-refractivity contribution in [1.82, 2.24) is 5.32 Å². The van der Waals surface area contributed by atoms with Crippen LogP contribution in [0.3, 0.4) is 0 Å². The monoisotopic (exact) mass is 369 g/mol. The number of benzene rings is 1. The summed E-state index contributed by atoms with van der Waals surface area (Å²) in [7, 11) is 0. The number of carbonyl (C=O) groups excluding carboxylic acids is 2. The fraction of sp³-hybridized carbons (Fsp3) is 0.200. The quantitative estimate of drug-likeness (QED) is 0.821. The van der Waals surface area contributed by atoms with Crippen molar-refractivity contribution in [3.8, 4) is 0 Å². The number of hydrogen-bond donors (Lipinski definition) is 1. The molecule has 0 saturated carbocycles. The summed E-state index contributed by atoms with van der Waals surface area (Å²) in [6, 6.07) is 8.43. The maximum absolute atomic E-state index is 12.8. The number of esters is 1. The Balaban J connectivity index is 1.82. The van der Waals surface area contributed by atoms with Crippen LogP contribution < -0.4 is 5.32 Å². The smallest absolute Gasteiger partial charge is 0.374 e. The van der Waals surface area contributed by atoms with Crippen LogP contribution in [-0.4, -0.2) is 18.5 Å². The average molecular weight is 370 g/mol. The summed E-state index contributed by atoms with van der Waals surface area (Å²) in [5, 5.41) is 2.65. The van der Waals surface area contributed by atoms with Crippen molar-refractivity contribution in [3.05, 3.63) is 58.2 Å². The van der Waals surface area contributed by atoms with Gasteiger partial charge in [0.25, 0.3) is 5.91 Å². The molecule has 0 fully saturated rings. The first-order valence-corrected chi connectivity index (χ1v) is 7.22. The number of halogens is 2. The Morgan fingerprint density at radius 2 is 1.95 bits per heavy atom. The Labute approximate surface area is 134 Å². The van der Waals surface area contributed by atoms with Gasteiger partial charge in [0.1, 0.15) is 5.82 Å². The number of furan rings is 1. The highest BCUT2D eigenvalue weighted by Crippen LogP contribution is 2.15. The van der Waals surface area contributed by atoms with Gasteiger partial charge in [-0.05, 0) is 52.7 Å². The van der Waals surface area contributed by atoms with Gasteiger partial charge < -0.3 is 14.5 Å². The topological polar surface area (TPSA) is 68.5 Å². The molecular formula is C15H13BrFNO4. The highest BCUT2D eigenvalue weighted by Gasteiger charge is 2.15. The SMILES string of the molecule is C[C@H](NC(=O)COC(=O)c1ccc(Br)o1)c1ccc(F)cc1. The lowest BCUT2D eigenvalue weighted by Gasteiger charge is -2.14. The van der Waals surface area contributed by atoms with Crippen molar-refractivity contribution in [2.24, 2.45) is 0 Å². The summed E-state index contributed by atoms with van der Waals surface area (Å²) in [5.74, 6) is -1.53. The molecule has 0 spiro atoms. The third kappa shape index (κ3) is 4.42. The van der Waals surface area contributed by atoms with Gasteiger partial charge in [0.15, 0.2) is 11.3 Å². The molecule has 22 heavy (non-hydrogen) atoms. The zero-order valence-electron chi connectivity index (χ0n) is 11.6. The minimum atomic E-state index is -0.727. The molecule has 0 radical (unpaired) electrons. The molecule has 1 aromatic carbocycles. The Morgan fingerprint density at radius 3 is 2.55 bits per heavy atom. The number of ether oxygens (including phenoxy) is 1. The molecule has 2 aromatic rings. The van der Waals surface area contributed by atoms with Gasteiger partial charge in [-0.25, -0.2) is 9.18 Å². The fourth-order valence-corrected chi connectivity index (χ4v) is 2.05. The molecule has 1 N–H and O–H groups in total. The second-order valence-corrected chi connectivity index (χ2v) is 5.30. The minimum absolute atomic E-state index is 0.00579.